The second-order valence-electron chi connectivity index (χ2n) is 7.08. The molecule has 2 aromatic heterocycles. The zero-order chi connectivity index (χ0) is 21.6. The number of aromatic nitrogens is 2. The van der Waals surface area contributed by atoms with Crippen LogP contribution in [0.5, 0.6) is 0 Å². The monoisotopic (exact) mass is 417 g/mol. The molecule has 8 heteroatoms. The first kappa shape index (κ1) is 20.4. The van der Waals surface area contributed by atoms with Crippen molar-refractivity contribution in [2.45, 2.75) is 19.9 Å². The van der Waals surface area contributed by atoms with Crippen LogP contribution in [0.25, 0.3) is 22.4 Å². The van der Waals surface area contributed by atoms with Gasteiger partial charge in [-0.1, -0.05) is 19.1 Å². The summed E-state index contributed by atoms with van der Waals surface area (Å²) in [7, 11) is 0. The van der Waals surface area contributed by atoms with Gasteiger partial charge in [0.05, 0.1) is 12.5 Å². The number of imidazole rings is 1. The fourth-order valence-electron chi connectivity index (χ4n) is 3.09. The van der Waals surface area contributed by atoms with Crippen LogP contribution >= 0.6 is 0 Å². The smallest absolute Gasteiger partial charge is 0.269 e. The van der Waals surface area contributed by atoms with E-state index in [1.54, 1.807) is 18.4 Å². The Morgan fingerprint density at radius 1 is 1.06 bits per heavy atom. The highest BCUT2D eigenvalue weighted by Gasteiger charge is 2.12. The van der Waals surface area contributed by atoms with Crippen molar-refractivity contribution in [3.63, 3.8) is 0 Å². The van der Waals surface area contributed by atoms with E-state index in [0.29, 0.717) is 30.2 Å². The third-order valence-electron chi connectivity index (χ3n) is 4.79. The first-order chi connectivity index (χ1) is 15.1. The Morgan fingerprint density at radius 2 is 1.90 bits per heavy atom. The lowest BCUT2D eigenvalue weighted by molar-refractivity contribution is 0.0928. The minimum atomic E-state index is -0.256. The maximum atomic E-state index is 12.5. The molecule has 0 aliphatic heterocycles. The largest absolute Gasteiger partial charge is 0.464 e. The van der Waals surface area contributed by atoms with Gasteiger partial charge in [-0.15, -0.1) is 0 Å². The van der Waals surface area contributed by atoms with Crippen molar-refractivity contribution >= 4 is 22.8 Å². The summed E-state index contributed by atoms with van der Waals surface area (Å²) in [4.78, 5) is 31.9. The number of hydrogen-bond acceptors (Lipinski definition) is 5. The molecule has 0 saturated carbocycles. The Kier molecular flexibility index (Phi) is 6.09. The number of carbonyl (C=O) groups is 2. The number of furan rings is 1. The summed E-state index contributed by atoms with van der Waals surface area (Å²) in [6, 6.07) is 14.7. The van der Waals surface area contributed by atoms with Crippen LogP contribution < -0.4 is 16.2 Å². The van der Waals surface area contributed by atoms with Crippen molar-refractivity contribution in [3.8, 4) is 11.4 Å². The molecule has 0 saturated heterocycles. The van der Waals surface area contributed by atoms with Crippen LogP contribution in [0, 0.1) is 0 Å². The van der Waals surface area contributed by atoms with Crippen LogP contribution in [0.15, 0.2) is 65.4 Å². The first-order valence-electron chi connectivity index (χ1n) is 10.1. The zero-order valence-corrected chi connectivity index (χ0v) is 17.1. The van der Waals surface area contributed by atoms with Gasteiger partial charge in [0.15, 0.2) is 0 Å². The second-order valence-corrected chi connectivity index (χ2v) is 7.08. The number of amides is 2. The minimum Gasteiger partial charge on any atom is -0.464 e. The van der Waals surface area contributed by atoms with Gasteiger partial charge < -0.3 is 14.7 Å². The number of carbonyl (C=O) groups excluding carboxylic acids is 2. The summed E-state index contributed by atoms with van der Waals surface area (Å²) in [6.45, 7) is 3.07. The van der Waals surface area contributed by atoms with Crippen molar-refractivity contribution in [1.82, 2.24) is 26.1 Å². The lowest BCUT2D eigenvalue weighted by Gasteiger charge is -2.07. The van der Waals surface area contributed by atoms with Crippen molar-refractivity contribution in [2.24, 2.45) is 0 Å². The molecule has 2 amide bonds. The average Bonchev–Trinajstić information content (AvgIpc) is 3.47. The van der Waals surface area contributed by atoms with Gasteiger partial charge in [-0.25, -0.2) is 10.4 Å². The molecule has 0 atom stereocenters. The van der Waals surface area contributed by atoms with Crippen LogP contribution in [-0.4, -0.2) is 28.3 Å². The third-order valence-corrected chi connectivity index (χ3v) is 4.79. The second kappa shape index (κ2) is 9.27. The number of fused-ring (bicyclic) bond motifs is 1. The number of benzene rings is 2. The van der Waals surface area contributed by atoms with Crippen molar-refractivity contribution in [1.29, 1.82) is 0 Å². The Morgan fingerprint density at radius 3 is 2.71 bits per heavy atom. The van der Waals surface area contributed by atoms with Gasteiger partial charge in [0.2, 0.25) is 0 Å². The van der Waals surface area contributed by atoms with E-state index < -0.39 is 0 Å². The van der Waals surface area contributed by atoms with E-state index in [9.17, 15) is 9.59 Å². The number of hydrazine groups is 1. The van der Waals surface area contributed by atoms with E-state index in [1.807, 2.05) is 43.3 Å². The van der Waals surface area contributed by atoms with E-state index >= 15 is 0 Å². The summed E-state index contributed by atoms with van der Waals surface area (Å²) < 4.78 is 5.35. The molecular weight excluding hydrogens is 394 g/mol. The summed E-state index contributed by atoms with van der Waals surface area (Å²) in [5.74, 6) is 0.164. The maximum Gasteiger partial charge on any atom is 0.269 e. The third kappa shape index (κ3) is 4.81. The van der Waals surface area contributed by atoms with Gasteiger partial charge in [0.25, 0.3) is 11.8 Å². The molecule has 0 unspecified atom stereocenters. The minimum absolute atomic E-state index is 0.192. The van der Waals surface area contributed by atoms with E-state index in [-0.39, 0.29) is 11.8 Å². The van der Waals surface area contributed by atoms with Gasteiger partial charge in [0.1, 0.15) is 17.1 Å². The molecule has 4 N–H and O–H groups in total. The maximum absolute atomic E-state index is 12.5. The van der Waals surface area contributed by atoms with Gasteiger partial charge >= 0.3 is 0 Å². The summed E-state index contributed by atoms with van der Waals surface area (Å²) in [5.41, 5.74) is 8.98. The predicted molar refractivity (Wildman–Crippen MR) is 117 cm³/mol. The lowest BCUT2D eigenvalue weighted by Crippen LogP contribution is -2.37. The van der Waals surface area contributed by atoms with Crippen molar-refractivity contribution in [2.75, 3.05) is 6.54 Å². The summed E-state index contributed by atoms with van der Waals surface area (Å²) >= 11 is 0. The number of hydrogen-bond donors (Lipinski definition) is 4. The molecule has 0 spiro atoms. The Bertz CT molecular complexity index is 1190. The van der Waals surface area contributed by atoms with Crippen LogP contribution in [0.1, 0.15) is 39.8 Å². The molecule has 0 radical (unpaired) electrons. The molecule has 0 fully saturated rings. The van der Waals surface area contributed by atoms with Crippen LogP contribution in [0.3, 0.4) is 0 Å². The number of nitrogens with zero attached hydrogens (tertiary/aromatic N) is 1. The molecule has 31 heavy (non-hydrogen) atoms. The molecule has 0 aliphatic rings. The molecule has 2 aromatic carbocycles. The van der Waals surface area contributed by atoms with Crippen LogP contribution in [0.2, 0.25) is 0 Å². The van der Waals surface area contributed by atoms with E-state index in [0.717, 1.165) is 28.5 Å². The molecule has 2 heterocycles. The molecular formula is C23H23N5O3. The summed E-state index contributed by atoms with van der Waals surface area (Å²) in [6.07, 6.45) is 4.08. The highest BCUT2D eigenvalue weighted by molar-refractivity contribution is 5.94. The van der Waals surface area contributed by atoms with Crippen LogP contribution in [0.4, 0.5) is 0 Å². The molecule has 4 aromatic rings. The Balaban J connectivity index is 1.34. The molecule has 0 bridgehead atoms. The number of aromatic amines is 1. The van der Waals surface area contributed by atoms with E-state index in [4.69, 9.17) is 4.42 Å². The number of nitrogens with one attached hydrogen (secondary N) is 4. The number of rotatable bonds is 8. The fraction of sp³-hybridized carbons (Fsp3) is 0.174. The first-order valence-corrected chi connectivity index (χ1v) is 10.1. The topological polar surface area (TPSA) is 112 Å². The van der Waals surface area contributed by atoms with E-state index in [2.05, 4.69) is 26.1 Å². The zero-order valence-electron chi connectivity index (χ0n) is 17.1. The fourth-order valence-corrected chi connectivity index (χ4v) is 3.09. The highest BCUT2D eigenvalue weighted by Crippen LogP contribution is 2.23. The molecule has 158 valence electrons. The lowest BCUT2D eigenvalue weighted by atomic mass is 10.1. The van der Waals surface area contributed by atoms with Gasteiger partial charge in [0, 0.05) is 29.6 Å². The Labute approximate surface area is 179 Å². The quantitative estimate of drug-likeness (QED) is 0.259. The van der Waals surface area contributed by atoms with Crippen molar-refractivity contribution in [3.05, 3.63) is 77.8 Å². The normalized spacial score (nSPS) is 10.9. The number of H-pyrrole nitrogens is 1. The molecule has 0 aliphatic carbocycles. The van der Waals surface area contributed by atoms with Crippen molar-refractivity contribution < 1.29 is 14.0 Å². The molecule has 8 nitrogen and oxygen atoms in total. The SMILES string of the molecule is CCCNNC(=O)c1ccc(CNC(=O)c2cnc(-c3ccc4occc4c3)[nH]2)cc1. The van der Waals surface area contributed by atoms with Gasteiger partial charge in [-0.3, -0.25) is 15.0 Å². The standard InChI is InChI=1S/C23H23N5O3/c1-2-10-26-28-22(29)16-5-3-15(4-6-16)13-25-23(30)19-14-24-21(27-19)18-7-8-20-17(12-18)9-11-31-20/h3-9,11-12,14,26H,2,10,13H2,1H3,(H,24,27)(H,25,30)(H,28,29). The average molecular weight is 417 g/mol. The molecule has 4 rings (SSSR count). The Hall–Kier alpha value is -3.91. The van der Waals surface area contributed by atoms with E-state index in [1.165, 1.54) is 6.20 Å². The van der Waals surface area contributed by atoms with Gasteiger partial charge in [-0.2, -0.15) is 0 Å². The highest BCUT2D eigenvalue weighted by atomic mass is 16.3. The van der Waals surface area contributed by atoms with Gasteiger partial charge in [-0.05, 0) is 48.4 Å². The predicted octanol–water partition coefficient (Wildman–Crippen LogP) is 3.40. The van der Waals surface area contributed by atoms with Crippen LogP contribution in [-0.2, 0) is 6.54 Å². The summed E-state index contributed by atoms with van der Waals surface area (Å²) in [5, 5.41) is 3.83.